The van der Waals surface area contributed by atoms with Gasteiger partial charge < -0.3 is 9.88 Å². The van der Waals surface area contributed by atoms with E-state index in [2.05, 4.69) is 32.1 Å². The van der Waals surface area contributed by atoms with Crippen LogP contribution in [0.5, 0.6) is 0 Å². The molecule has 0 aliphatic rings. The number of aromatic nitrogens is 4. The highest BCUT2D eigenvalue weighted by Crippen LogP contribution is 2.22. The molecule has 3 aromatic rings. The van der Waals surface area contributed by atoms with Gasteiger partial charge in [0.2, 0.25) is 5.28 Å². The van der Waals surface area contributed by atoms with Crippen LogP contribution in [-0.2, 0) is 6.54 Å². The summed E-state index contributed by atoms with van der Waals surface area (Å²) in [5, 5.41) is 0.203. The fraction of sp³-hybridized carbons (Fsp3) is 0.154. The zero-order valence-corrected chi connectivity index (χ0v) is 11.1. The predicted octanol–water partition coefficient (Wildman–Crippen LogP) is 2.64. The smallest absolute Gasteiger partial charge is 0.226 e. The van der Waals surface area contributed by atoms with Gasteiger partial charge in [0.1, 0.15) is 5.52 Å². The summed E-state index contributed by atoms with van der Waals surface area (Å²) in [7, 11) is 1.96. The fourth-order valence-corrected chi connectivity index (χ4v) is 2.16. The van der Waals surface area contributed by atoms with E-state index in [9.17, 15) is 0 Å². The van der Waals surface area contributed by atoms with Gasteiger partial charge in [-0.3, -0.25) is 0 Å². The predicted molar refractivity (Wildman–Crippen MR) is 75.2 cm³/mol. The van der Waals surface area contributed by atoms with E-state index in [1.165, 1.54) is 5.56 Å². The molecule has 0 bridgehead atoms. The first kappa shape index (κ1) is 11.9. The Hall–Kier alpha value is -2.14. The summed E-state index contributed by atoms with van der Waals surface area (Å²) in [6.45, 7) is 0.738. The average Bonchev–Trinajstić information content (AvgIpc) is 2.86. The van der Waals surface area contributed by atoms with E-state index in [4.69, 9.17) is 11.6 Å². The number of anilines is 1. The van der Waals surface area contributed by atoms with Crippen molar-refractivity contribution in [2.75, 3.05) is 11.9 Å². The van der Waals surface area contributed by atoms with Crippen molar-refractivity contribution in [1.29, 1.82) is 0 Å². The molecule has 2 aromatic heterocycles. The second-order valence-electron chi connectivity index (χ2n) is 4.26. The van der Waals surface area contributed by atoms with Crippen LogP contribution in [0.15, 0.2) is 36.7 Å². The summed E-state index contributed by atoms with van der Waals surface area (Å²) >= 11 is 5.93. The Balaban J connectivity index is 1.97. The fourth-order valence-electron chi connectivity index (χ4n) is 2.00. The van der Waals surface area contributed by atoms with Gasteiger partial charge in [0, 0.05) is 13.6 Å². The van der Waals surface area contributed by atoms with Crippen molar-refractivity contribution in [3.8, 4) is 0 Å². The average molecular weight is 274 g/mol. The molecule has 0 amide bonds. The number of imidazole rings is 1. The molecule has 0 radical (unpaired) electrons. The first-order valence-electron chi connectivity index (χ1n) is 5.86. The number of halogens is 1. The van der Waals surface area contributed by atoms with E-state index < -0.39 is 0 Å². The largest absolute Gasteiger partial charge is 0.353 e. The van der Waals surface area contributed by atoms with Gasteiger partial charge in [-0.25, -0.2) is 4.98 Å². The second kappa shape index (κ2) is 4.85. The number of benzene rings is 1. The van der Waals surface area contributed by atoms with Gasteiger partial charge >= 0.3 is 0 Å². The third kappa shape index (κ3) is 2.37. The third-order valence-corrected chi connectivity index (χ3v) is 3.03. The number of nitrogens with zero attached hydrogens (tertiary/aromatic N) is 4. The molecule has 0 unspecified atom stereocenters. The van der Waals surface area contributed by atoms with Crippen LogP contribution in [0.3, 0.4) is 0 Å². The Bertz CT molecular complexity index is 695. The van der Waals surface area contributed by atoms with E-state index in [0.717, 1.165) is 17.9 Å². The molecular weight excluding hydrogens is 262 g/mol. The van der Waals surface area contributed by atoms with Crippen LogP contribution in [0.25, 0.3) is 11.2 Å². The SMILES string of the molecule is CN(Cc1ccccc1)c1nc(Cl)nc2nc[nH]c12. The molecule has 0 aliphatic carbocycles. The van der Waals surface area contributed by atoms with Crippen molar-refractivity contribution in [2.45, 2.75) is 6.54 Å². The summed E-state index contributed by atoms with van der Waals surface area (Å²) in [5.41, 5.74) is 2.57. The number of hydrogen-bond acceptors (Lipinski definition) is 4. The Kier molecular flexibility index (Phi) is 3.05. The molecule has 19 heavy (non-hydrogen) atoms. The molecule has 2 heterocycles. The van der Waals surface area contributed by atoms with E-state index >= 15 is 0 Å². The minimum absolute atomic E-state index is 0.203. The maximum atomic E-state index is 5.93. The number of hydrogen-bond donors (Lipinski definition) is 1. The van der Waals surface area contributed by atoms with Gasteiger partial charge in [-0.1, -0.05) is 30.3 Å². The van der Waals surface area contributed by atoms with Crippen LogP contribution < -0.4 is 4.90 Å². The van der Waals surface area contributed by atoms with Crippen molar-refractivity contribution in [2.24, 2.45) is 0 Å². The molecule has 1 N–H and O–H groups in total. The lowest BCUT2D eigenvalue weighted by molar-refractivity contribution is 0.898. The van der Waals surface area contributed by atoms with E-state index in [1.54, 1.807) is 6.33 Å². The lowest BCUT2D eigenvalue weighted by atomic mass is 10.2. The highest BCUT2D eigenvalue weighted by atomic mass is 35.5. The minimum atomic E-state index is 0.203. The minimum Gasteiger partial charge on any atom is -0.353 e. The first-order valence-corrected chi connectivity index (χ1v) is 6.23. The van der Waals surface area contributed by atoms with Crippen molar-refractivity contribution in [1.82, 2.24) is 19.9 Å². The van der Waals surface area contributed by atoms with Gasteiger partial charge in [-0.2, -0.15) is 9.97 Å². The van der Waals surface area contributed by atoms with E-state index in [1.807, 2.05) is 30.1 Å². The highest BCUT2D eigenvalue weighted by Gasteiger charge is 2.13. The molecule has 0 saturated carbocycles. The number of nitrogens with one attached hydrogen (secondary N) is 1. The summed E-state index contributed by atoms with van der Waals surface area (Å²) in [4.78, 5) is 17.5. The van der Waals surface area contributed by atoms with E-state index in [0.29, 0.717) is 5.65 Å². The molecule has 1 aromatic carbocycles. The van der Waals surface area contributed by atoms with Crippen LogP contribution in [-0.4, -0.2) is 27.0 Å². The molecule has 0 saturated heterocycles. The number of aromatic amines is 1. The standard InChI is InChI=1S/C13H12ClN5/c1-19(7-9-5-3-2-4-6-9)12-10-11(16-8-15-10)17-13(14)18-12/h2-6,8H,7H2,1H3,(H,15,16,17,18). The number of H-pyrrole nitrogens is 1. The van der Waals surface area contributed by atoms with Crippen LogP contribution in [0.2, 0.25) is 5.28 Å². The van der Waals surface area contributed by atoms with Crippen LogP contribution in [0, 0.1) is 0 Å². The Labute approximate surface area is 115 Å². The van der Waals surface area contributed by atoms with Crippen LogP contribution >= 0.6 is 11.6 Å². The van der Waals surface area contributed by atoms with Gasteiger partial charge in [0.05, 0.1) is 6.33 Å². The van der Waals surface area contributed by atoms with Crippen molar-refractivity contribution >= 4 is 28.6 Å². The Morgan fingerprint density at radius 3 is 2.79 bits per heavy atom. The van der Waals surface area contributed by atoms with Crippen LogP contribution in [0.4, 0.5) is 5.82 Å². The maximum Gasteiger partial charge on any atom is 0.226 e. The molecule has 3 rings (SSSR count). The molecule has 0 atom stereocenters. The summed E-state index contributed by atoms with van der Waals surface area (Å²) in [5.74, 6) is 0.747. The molecule has 0 spiro atoms. The molecule has 6 heteroatoms. The Morgan fingerprint density at radius 1 is 1.21 bits per heavy atom. The van der Waals surface area contributed by atoms with Crippen molar-refractivity contribution < 1.29 is 0 Å². The second-order valence-corrected chi connectivity index (χ2v) is 4.60. The molecule has 96 valence electrons. The van der Waals surface area contributed by atoms with Crippen LogP contribution in [0.1, 0.15) is 5.56 Å². The summed E-state index contributed by atoms with van der Waals surface area (Å²) in [6.07, 6.45) is 1.59. The zero-order valence-electron chi connectivity index (χ0n) is 10.3. The molecule has 0 aliphatic heterocycles. The van der Waals surface area contributed by atoms with Gasteiger partial charge in [0.15, 0.2) is 11.5 Å². The highest BCUT2D eigenvalue weighted by molar-refractivity contribution is 6.28. The first-order chi connectivity index (χ1) is 9.24. The molecular formula is C13H12ClN5. The van der Waals surface area contributed by atoms with Gasteiger partial charge in [-0.05, 0) is 17.2 Å². The van der Waals surface area contributed by atoms with Crippen molar-refractivity contribution in [3.63, 3.8) is 0 Å². The van der Waals surface area contributed by atoms with Gasteiger partial charge in [-0.15, -0.1) is 0 Å². The van der Waals surface area contributed by atoms with Crippen molar-refractivity contribution in [3.05, 3.63) is 47.5 Å². The quantitative estimate of drug-likeness (QED) is 0.746. The lowest BCUT2D eigenvalue weighted by Gasteiger charge is -2.18. The maximum absolute atomic E-state index is 5.93. The number of fused-ring (bicyclic) bond motifs is 1. The number of rotatable bonds is 3. The normalized spacial score (nSPS) is 10.8. The lowest BCUT2D eigenvalue weighted by Crippen LogP contribution is -2.18. The zero-order chi connectivity index (χ0) is 13.2. The molecule has 5 nitrogen and oxygen atoms in total. The van der Waals surface area contributed by atoms with Gasteiger partial charge in [0.25, 0.3) is 0 Å². The summed E-state index contributed by atoms with van der Waals surface area (Å²) in [6, 6.07) is 10.2. The van der Waals surface area contributed by atoms with E-state index in [-0.39, 0.29) is 5.28 Å². The monoisotopic (exact) mass is 273 g/mol. The topological polar surface area (TPSA) is 57.7 Å². The Morgan fingerprint density at radius 2 is 2.00 bits per heavy atom. The molecule has 0 fully saturated rings. The third-order valence-electron chi connectivity index (χ3n) is 2.86. The summed E-state index contributed by atoms with van der Waals surface area (Å²) < 4.78 is 0.